The highest BCUT2D eigenvalue weighted by atomic mass is 16.5. The van der Waals surface area contributed by atoms with Crippen LogP contribution in [-0.2, 0) is 16.1 Å². The Balaban J connectivity index is 1.78. The topological polar surface area (TPSA) is 67.9 Å². The lowest BCUT2D eigenvalue weighted by Gasteiger charge is -2.31. The zero-order valence-corrected chi connectivity index (χ0v) is 20.2. The van der Waals surface area contributed by atoms with Crippen molar-refractivity contribution >= 4 is 11.8 Å². The van der Waals surface area contributed by atoms with E-state index in [-0.39, 0.29) is 24.5 Å². The van der Waals surface area contributed by atoms with Crippen molar-refractivity contribution < 1.29 is 19.1 Å². The van der Waals surface area contributed by atoms with E-state index in [0.29, 0.717) is 18.7 Å². The van der Waals surface area contributed by atoms with Crippen molar-refractivity contribution in [2.75, 3.05) is 13.7 Å². The number of rotatable bonds is 10. The molecule has 1 aliphatic carbocycles. The summed E-state index contributed by atoms with van der Waals surface area (Å²) < 4.78 is 11.1. The van der Waals surface area contributed by atoms with Gasteiger partial charge >= 0.3 is 0 Å². The van der Waals surface area contributed by atoms with E-state index in [9.17, 15) is 9.59 Å². The van der Waals surface area contributed by atoms with E-state index in [0.717, 1.165) is 48.1 Å². The molecule has 33 heavy (non-hydrogen) atoms. The Hall–Kier alpha value is -3.02. The van der Waals surface area contributed by atoms with Gasteiger partial charge in [0.2, 0.25) is 5.91 Å². The smallest absolute Gasteiger partial charge is 0.261 e. The van der Waals surface area contributed by atoms with Gasteiger partial charge in [-0.05, 0) is 68.0 Å². The molecule has 0 spiro atoms. The Bertz CT molecular complexity index is 936. The second-order valence-electron chi connectivity index (χ2n) is 8.84. The van der Waals surface area contributed by atoms with Crippen molar-refractivity contribution in [3.8, 4) is 11.5 Å². The van der Waals surface area contributed by atoms with Gasteiger partial charge in [-0.15, -0.1) is 0 Å². The van der Waals surface area contributed by atoms with Gasteiger partial charge in [0.05, 0.1) is 7.11 Å². The zero-order valence-electron chi connectivity index (χ0n) is 20.2. The minimum atomic E-state index is -0.553. The number of nitrogens with zero attached hydrogens (tertiary/aromatic N) is 1. The average Bonchev–Trinajstić information content (AvgIpc) is 3.32. The van der Waals surface area contributed by atoms with Crippen molar-refractivity contribution in [2.45, 2.75) is 71.5 Å². The lowest BCUT2D eigenvalue weighted by molar-refractivity contribution is -0.143. The minimum Gasteiger partial charge on any atom is -0.497 e. The molecule has 1 saturated carbocycles. The maximum Gasteiger partial charge on any atom is 0.261 e. The molecule has 0 bridgehead atoms. The highest BCUT2D eigenvalue weighted by Crippen LogP contribution is 2.22. The van der Waals surface area contributed by atoms with Gasteiger partial charge in [0.1, 0.15) is 17.5 Å². The molecule has 2 aromatic rings. The molecule has 6 nitrogen and oxygen atoms in total. The Morgan fingerprint density at radius 2 is 1.79 bits per heavy atom. The summed E-state index contributed by atoms with van der Waals surface area (Å²) in [4.78, 5) is 28.2. The molecular weight excluding hydrogens is 416 g/mol. The standard InChI is InChI=1S/C27H36N2O4/c1-5-24(27(31)28-22-8-6-7-9-22)29(17-21-12-14-23(32-4)15-13-21)26(30)18-33-25-16-19(2)10-11-20(25)3/h10-16,22,24H,5-9,17-18H2,1-4H3,(H,28,31)/t24-/m1/s1. The number of aryl methyl sites for hydroxylation is 2. The Labute approximate surface area is 197 Å². The molecular formula is C27H36N2O4. The first-order valence-corrected chi connectivity index (χ1v) is 11.8. The van der Waals surface area contributed by atoms with Crippen LogP contribution >= 0.6 is 0 Å². The monoisotopic (exact) mass is 452 g/mol. The number of benzene rings is 2. The molecule has 1 atom stereocenters. The van der Waals surface area contributed by atoms with Crippen LogP contribution in [0.15, 0.2) is 42.5 Å². The minimum absolute atomic E-state index is 0.0852. The number of nitrogens with one attached hydrogen (secondary N) is 1. The van der Waals surface area contributed by atoms with Gasteiger partial charge in [0, 0.05) is 12.6 Å². The fourth-order valence-electron chi connectivity index (χ4n) is 4.30. The predicted octanol–water partition coefficient (Wildman–Crippen LogP) is 4.56. The van der Waals surface area contributed by atoms with E-state index >= 15 is 0 Å². The fourth-order valence-corrected chi connectivity index (χ4v) is 4.30. The summed E-state index contributed by atoms with van der Waals surface area (Å²) in [6.45, 7) is 6.10. The van der Waals surface area contributed by atoms with E-state index < -0.39 is 6.04 Å². The van der Waals surface area contributed by atoms with Crippen molar-refractivity contribution in [3.63, 3.8) is 0 Å². The molecule has 6 heteroatoms. The maximum absolute atomic E-state index is 13.4. The van der Waals surface area contributed by atoms with Crippen LogP contribution in [0.5, 0.6) is 11.5 Å². The number of hydrogen-bond donors (Lipinski definition) is 1. The number of carbonyl (C=O) groups is 2. The Morgan fingerprint density at radius 1 is 1.09 bits per heavy atom. The second-order valence-corrected chi connectivity index (χ2v) is 8.84. The number of methoxy groups -OCH3 is 1. The average molecular weight is 453 g/mol. The number of hydrogen-bond acceptors (Lipinski definition) is 4. The van der Waals surface area contributed by atoms with Crippen molar-refractivity contribution in [1.29, 1.82) is 0 Å². The maximum atomic E-state index is 13.4. The summed E-state index contributed by atoms with van der Waals surface area (Å²) in [5.41, 5.74) is 2.98. The Morgan fingerprint density at radius 3 is 2.42 bits per heavy atom. The van der Waals surface area contributed by atoms with E-state index in [4.69, 9.17) is 9.47 Å². The van der Waals surface area contributed by atoms with Crippen molar-refractivity contribution in [2.24, 2.45) is 0 Å². The van der Waals surface area contributed by atoms with Crippen LogP contribution in [0.1, 0.15) is 55.7 Å². The summed E-state index contributed by atoms with van der Waals surface area (Å²) >= 11 is 0. The second kappa shape index (κ2) is 11.7. The highest BCUT2D eigenvalue weighted by molar-refractivity contribution is 5.88. The van der Waals surface area contributed by atoms with Crippen LogP contribution in [0.2, 0.25) is 0 Å². The molecule has 0 radical (unpaired) electrons. The summed E-state index contributed by atoms with van der Waals surface area (Å²) in [6.07, 6.45) is 4.82. The van der Waals surface area contributed by atoms with Gasteiger partial charge < -0.3 is 19.7 Å². The SMILES string of the molecule is CC[C@H](C(=O)NC1CCCC1)N(Cc1ccc(OC)cc1)C(=O)COc1cc(C)ccc1C. The molecule has 2 amide bonds. The normalized spacial score (nSPS) is 14.5. The van der Waals surface area contributed by atoms with E-state index in [2.05, 4.69) is 5.32 Å². The molecule has 2 aromatic carbocycles. The van der Waals surface area contributed by atoms with Crippen LogP contribution in [-0.4, -0.2) is 42.5 Å². The molecule has 0 aromatic heterocycles. The summed E-state index contributed by atoms with van der Waals surface area (Å²) in [5.74, 6) is 1.15. The number of amides is 2. The quantitative estimate of drug-likeness (QED) is 0.574. The molecule has 1 N–H and O–H groups in total. The first kappa shape index (κ1) is 24.6. The summed E-state index contributed by atoms with van der Waals surface area (Å²) in [7, 11) is 1.62. The zero-order chi connectivity index (χ0) is 23.8. The third-order valence-electron chi connectivity index (χ3n) is 6.29. The van der Waals surface area contributed by atoms with E-state index in [1.165, 1.54) is 0 Å². The molecule has 3 rings (SSSR count). The third kappa shape index (κ3) is 6.73. The summed E-state index contributed by atoms with van der Waals surface area (Å²) in [6, 6.07) is 13.2. The highest BCUT2D eigenvalue weighted by Gasteiger charge is 2.31. The van der Waals surface area contributed by atoms with Gasteiger partial charge in [-0.1, -0.05) is 44.0 Å². The van der Waals surface area contributed by atoms with Crippen LogP contribution in [0.25, 0.3) is 0 Å². The third-order valence-corrected chi connectivity index (χ3v) is 6.29. The van der Waals surface area contributed by atoms with Crippen LogP contribution < -0.4 is 14.8 Å². The van der Waals surface area contributed by atoms with E-state index in [1.54, 1.807) is 12.0 Å². The fraction of sp³-hybridized carbons (Fsp3) is 0.481. The first-order valence-electron chi connectivity index (χ1n) is 11.8. The van der Waals surface area contributed by atoms with Gasteiger partial charge in [-0.25, -0.2) is 0 Å². The van der Waals surface area contributed by atoms with Gasteiger partial charge in [0.25, 0.3) is 5.91 Å². The van der Waals surface area contributed by atoms with Crippen LogP contribution in [0.4, 0.5) is 0 Å². The van der Waals surface area contributed by atoms with Gasteiger partial charge in [0.15, 0.2) is 6.61 Å². The largest absolute Gasteiger partial charge is 0.497 e. The van der Waals surface area contributed by atoms with Crippen molar-refractivity contribution in [3.05, 3.63) is 59.2 Å². The van der Waals surface area contributed by atoms with E-state index in [1.807, 2.05) is 63.2 Å². The molecule has 0 unspecified atom stereocenters. The molecule has 0 saturated heterocycles. The molecule has 1 fully saturated rings. The first-order chi connectivity index (χ1) is 15.9. The van der Waals surface area contributed by atoms with Crippen LogP contribution in [0, 0.1) is 13.8 Å². The lowest BCUT2D eigenvalue weighted by atomic mass is 10.1. The van der Waals surface area contributed by atoms with Crippen LogP contribution in [0.3, 0.4) is 0 Å². The molecule has 0 aliphatic heterocycles. The molecule has 1 aliphatic rings. The Kier molecular flexibility index (Phi) is 8.75. The van der Waals surface area contributed by atoms with Gasteiger partial charge in [-0.2, -0.15) is 0 Å². The predicted molar refractivity (Wildman–Crippen MR) is 129 cm³/mol. The number of carbonyl (C=O) groups excluding carboxylic acids is 2. The molecule has 0 heterocycles. The van der Waals surface area contributed by atoms with Crippen molar-refractivity contribution in [1.82, 2.24) is 10.2 Å². The number of ether oxygens (including phenoxy) is 2. The molecule has 178 valence electrons. The summed E-state index contributed by atoms with van der Waals surface area (Å²) in [5, 5.41) is 3.17. The van der Waals surface area contributed by atoms with Gasteiger partial charge in [-0.3, -0.25) is 9.59 Å². The lowest BCUT2D eigenvalue weighted by Crippen LogP contribution is -2.52.